The monoisotopic (exact) mass is 331 g/mol. The summed E-state index contributed by atoms with van der Waals surface area (Å²) in [4.78, 5) is 12.5. The molecule has 3 aromatic rings. The topological polar surface area (TPSA) is 51.4 Å². The van der Waals surface area contributed by atoms with Gasteiger partial charge in [0, 0.05) is 13.7 Å². The van der Waals surface area contributed by atoms with Crippen molar-refractivity contribution in [1.82, 2.24) is 9.97 Å². The van der Waals surface area contributed by atoms with Gasteiger partial charge in [0.05, 0.1) is 18.5 Å². The second-order valence-electron chi connectivity index (χ2n) is 5.62. The zero-order valence-corrected chi connectivity index (χ0v) is 14.7. The fourth-order valence-electron chi connectivity index (χ4n) is 2.61. The Balaban J connectivity index is 2.03. The second-order valence-corrected chi connectivity index (χ2v) is 6.48. The maximum Gasteiger partial charge on any atom is 0.141 e. The summed E-state index contributed by atoms with van der Waals surface area (Å²) in [5, 5.41) is 3.26. The lowest BCUT2D eigenvalue weighted by molar-refractivity contribution is 0.204. The number of ether oxygens (including phenoxy) is 1. The number of hydrogen-bond acceptors (Lipinski definition) is 6. The van der Waals surface area contributed by atoms with Gasteiger partial charge in [0.15, 0.2) is 0 Å². The van der Waals surface area contributed by atoms with Gasteiger partial charge >= 0.3 is 0 Å². The summed E-state index contributed by atoms with van der Waals surface area (Å²) in [6.45, 7) is 8.04. The molecule has 0 aliphatic carbocycles. The molecule has 0 saturated heterocycles. The first kappa shape index (κ1) is 16.0. The lowest BCUT2D eigenvalue weighted by Crippen LogP contribution is -2.28. The van der Waals surface area contributed by atoms with Gasteiger partial charge in [-0.05, 0) is 43.8 Å². The van der Waals surface area contributed by atoms with Crippen molar-refractivity contribution in [1.29, 1.82) is 0 Å². The van der Waals surface area contributed by atoms with E-state index in [1.165, 1.54) is 5.56 Å². The number of rotatable bonds is 6. The zero-order valence-electron chi connectivity index (χ0n) is 13.9. The third kappa shape index (κ3) is 3.38. The molecule has 0 radical (unpaired) electrons. The number of fused-ring (bicyclic) bond motifs is 1. The first-order valence-electron chi connectivity index (χ1n) is 7.60. The quantitative estimate of drug-likeness (QED) is 0.686. The molecule has 0 aliphatic rings. The number of nitrogens with zero attached hydrogens (tertiary/aromatic N) is 3. The molecule has 5 nitrogen and oxygen atoms in total. The van der Waals surface area contributed by atoms with Gasteiger partial charge in [-0.2, -0.15) is 0 Å². The van der Waals surface area contributed by atoms with Crippen molar-refractivity contribution in [3.05, 3.63) is 40.4 Å². The predicted octanol–water partition coefficient (Wildman–Crippen LogP) is 3.86. The SMILES string of the molecule is COCCN(Cc1ccc(C)o1)c1nc(C)nc2scc(C)c12. The van der Waals surface area contributed by atoms with E-state index >= 15 is 0 Å². The molecule has 3 rings (SSSR count). The van der Waals surface area contributed by atoms with Crippen LogP contribution in [0.3, 0.4) is 0 Å². The molecule has 0 bridgehead atoms. The Morgan fingerprint density at radius 1 is 1.22 bits per heavy atom. The van der Waals surface area contributed by atoms with Gasteiger partial charge in [0.25, 0.3) is 0 Å². The van der Waals surface area contributed by atoms with E-state index in [1.54, 1.807) is 18.4 Å². The molecule has 0 fully saturated rings. The van der Waals surface area contributed by atoms with Gasteiger partial charge in [-0.1, -0.05) is 0 Å². The minimum atomic E-state index is 0.632. The van der Waals surface area contributed by atoms with Crippen LogP contribution in [0.4, 0.5) is 5.82 Å². The molecule has 3 aromatic heterocycles. The van der Waals surface area contributed by atoms with Crippen LogP contribution in [-0.4, -0.2) is 30.2 Å². The summed E-state index contributed by atoms with van der Waals surface area (Å²) in [5.41, 5.74) is 1.21. The predicted molar refractivity (Wildman–Crippen MR) is 93.3 cm³/mol. The molecule has 0 amide bonds. The highest BCUT2D eigenvalue weighted by molar-refractivity contribution is 7.17. The minimum absolute atomic E-state index is 0.632. The third-order valence-electron chi connectivity index (χ3n) is 3.72. The summed E-state index contributed by atoms with van der Waals surface area (Å²) in [5.74, 6) is 3.59. The van der Waals surface area contributed by atoms with Crippen molar-refractivity contribution in [2.75, 3.05) is 25.2 Å². The molecule has 122 valence electrons. The summed E-state index contributed by atoms with van der Waals surface area (Å²) in [7, 11) is 1.71. The van der Waals surface area contributed by atoms with Crippen LogP contribution in [0.2, 0.25) is 0 Å². The van der Waals surface area contributed by atoms with Crippen LogP contribution < -0.4 is 4.90 Å². The van der Waals surface area contributed by atoms with Crippen LogP contribution >= 0.6 is 11.3 Å². The third-order valence-corrected chi connectivity index (χ3v) is 4.71. The van der Waals surface area contributed by atoms with Gasteiger partial charge in [-0.15, -0.1) is 11.3 Å². The average molecular weight is 331 g/mol. The Labute approximate surface area is 139 Å². The van der Waals surface area contributed by atoms with Crippen LogP contribution in [0, 0.1) is 20.8 Å². The van der Waals surface area contributed by atoms with E-state index in [0.29, 0.717) is 13.2 Å². The largest absolute Gasteiger partial charge is 0.464 e. The first-order chi connectivity index (χ1) is 11.1. The Morgan fingerprint density at radius 2 is 2.04 bits per heavy atom. The minimum Gasteiger partial charge on any atom is -0.464 e. The molecule has 0 unspecified atom stereocenters. The van der Waals surface area contributed by atoms with Gasteiger partial charge in [0.2, 0.25) is 0 Å². The molecular formula is C17H21N3O2S. The van der Waals surface area contributed by atoms with Gasteiger partial charge in [-0.25, -0.2) is 9.97 Å². The number of anilines is 1. The van der Waals surface area contributed by atoms with E-state index in [2.05, 4.69) is 22.2 Å². The van der Waals surface area contributed by atoms with Crippen LogP contribution in [0.1, 0.15) is 22.9 Å². The smallest absolute Gasteiger partial charge is 0.141 e. The molecule has 0 saturated carbocycles. The van der Waals surface area contributed by atoms with Crippen LogP contribution in [0.15, 0.2) is 21.9 Å². The highest BCUT2D eigenvalue weighted by atomic mass is 32.1. The molecule has 0 aliphatic heterocycles. The fraction of sp³-hybridized carbons (Fsp3) is 0.412. The molecule has 0 N–H and O–H groups in total. The number of thiophene rings is 1. The van der Waals surface area contributed by atoms with Crippen molar-refractivity contribution >= 4 is 27.4 Å². The summed E-state index contributed by atoms with van der Waals surface area (Å²) < 4.78 is 11.0. The van der Waals surface area contributed by atoms with Crippen molar-refractivity contribution in [2.24, 2.45) is 0 Å². The van der Waals surface area contributed by atoms with Crippen LogP contribution in [0.25, 0.3) is 10.2 Å². The molecular weight excluding hydrogens is 310 g/mol. The Morgan fingerprint density at radius 3 is 2.74 bits per heavy atom. The lowest BCUT2D eigenvalue weighted by atomic mass is 10.2. The first-order valence-corrected chi connectivity index (χ1v) is 8.48. The van der Waals surface area contributed by atoms with Crippen LogP contribution in [0.5, 0.6) is 0 Å². The molecule has 6 heteroatoms. The maximum absolute atomic E-state index is 5.75. The highest BCUT2D eigenvalue weighted by Gasteiger charge is 2.18. The van der Waals surface area contributed by atoms with Crippen LogP contribution in [-0.2, 0) is 11.3 Å². The normalized spacial score (nSPS) is 11.3. The summed E-state index contributed by atoms with van der Waals surface area (Å²) in [6, 6.07) is 4.00. The Bertz CT molecular complexity index is 809. The van der Waals surface area contributed by atoms with E-state index in [9.17, 15) is 0 Å². The molecule has 0 spiro atoms. The molecule has 3 heterocycles. The number of aryl methyl sites for hydroxylation is 3. The Hall–Kier alpha value is -1.92. The van der Waals surface area contributed by atoms with E-state index in [4.69, 9.17) is 14.1 Å². The van der Waals surface area contributed by atoms with E-state index in [1.807, 2.05) is 26.0 Å². The Kier molecular flexibility index (Phi) is 4.63. The van der Waals surface area contributed by atoms with Gasteiger partial charge in [-0.3, -0.25) is 0 Å². The van der Waals surface area contributed by atoms with E-state index in [-0.39, 0.29) is 0 Å². The highest BCUT2D eigenvalue weighted by Crippen LogP contribution is 2.32. The lowest BCUT2D eigenvalue weighted by Gasteiger charge is -2.23. The number of furan rings is 1. The van der Waals surface area contributed by atoms with Crippen molar-refractivity contribution in [3.63, 3.8) is 0 Å². The number of methoxy groups -OCH3 is 1. The number of hydrogen-bond donors (Lipinski definition) is 0. The second kappa shape index (κ2) is 6.68. The van der Waals surface area contributed by atoms with E-state index in [0.717, 1.165) is 39.9 Å². The van der Waals surface area contributed by atoms with Gasteiger partial charge in [0.1, 0.15) is 28.0 Å². The summed E-state index contributed by atoms with van der Waals surface area (Å²) >= 11 is 1.66. The van der Waals surface area contributed by atoms with Crippen molar-refractivity contribution in [2.45, 2.75) is 27.3 Å². The van der Waals surface area contributed by atoms with Crippen molar-refractivity contribution < 1.29 is 9.15 Å². The van der Waals surface area contributed by atoms with E-state index < -0.39 is 0 Å². The average Bonchev–Trinajstić information content (AvgIpc) is 3.09. The fourth-order valence-corrected chi connectivity index (χ4v) is 3.58. The van der Waals surface area contributed by atoms with Crippen molar-refractivity contribution in [3.8, 4) is 0 Å². The summed E-state index contributed by atoms with van der Waals surface area (Å²) in [6.07, 6.45) is 0. The molecule has 0 aromatic carbocycles. The van der Waals surface area contributed by atoms with Gasteiger partial charge < -0.3 is 14.1 Å². The zero-order chi connectivity index (χ0) is 16.4. The maximum atomic E-state index is 5.75. The number of aromatic nitrogens is 2. The standard InChI is InChI=1S/C17H21N3O2S/c1-11-10-23-17-15(11)16(18-13(3)19-17)20(7-8-21-4)9-14-6-5-12(2)22-14/h5-6,10H,7-9H2,1-4H3. The molecule has 23 heavy (non-hydrogen) atoms. The molecule has 0 atom stereocenters.